The van der Waals surface area contributed by atoms with Gasteiger partial charge in [0.25, 0.3) is 0 Å². The molecule has 0 atom stereocenters. The van der Waals surface area contributed by atoms with Crippen molar-refractivity contribution in [3.63, 3.8) is 0 Å². The molecule has 0 saturated heterocycles. The molecule has 0 heterocycles. The minimum atomic E-state index is -0.0715. The van der Waals surface area contributed by atoms with Gasteiger partial charge in [-0.05, 0) is 36.8 Å². The Kier molecular flexibility index (Phi) is 6.95. The summed E-state index contributed by atoms with van der Waals surface area (Å²) in [4.78, 5) is 11.8. The summed E-state index contributed by atoms with van der Waals surface area (Å²) in [6.07, 6.45) is 0.280. The first kappa shape index (κ1) is 17.7. The Morgan fingerprint density at radius 2 is 1.79 bits per heavy atom. The standard InChI is InChI=1S/C19H23NO4/c1-15-6-5-7-16(14-15)23-13-11-20-19(21)10-12-24-18-9-4-3-8-17(18)22-2/h3-9,14H,10-13H2,1-2H3,(H,20,21). The van der Waals surface area contributed by atoms with Crippen molar-refractivity contribution in [3.05, 3.63) is 54.1 Å². The van der Waals surface area contributed by atoms with Crippen LogP contribution < -0.4 is 19.5 Å². The highest BCUT2D eigenvalue weighted by Gasteiger charge is 2.05. The molecule has 0 unspecified atom stereocenters. The van der Waals surface area contributed by atoms with Gasteiger partial charge in [0, 0.05) is 0 Å². The third-order valence-electron chi connectivity index (χ3n) is 3.34. The molecular formula is C19H23NO4. The van der Waals surface area contributed by atoms with Gasteiger partial charge in [-0.2, -0.15) is 0 Å². The average Bonchev–Trinajstić information content (AvgIpc) is 2.59. The van der Waals surface area contributed by atoms with Crippen molar-refractivity contribution in [2.45, 2.75) is 13.3 Å². The molecule has 2 rings (SSSR count). The van der Waals surface area contributed by atoms with Gasteiger partial charge in [0.15, 0.2) is 11.5 Å². The van der Waals surface area contributed by atoms with Gasteiger partial charge in [-0.1, -0.05) is 24.3 Å². The minimum Gasteiger partial charge on any atom is -0.493 e. The maximum Gasteiger partial charge on any atom is 0.223 e. The van der Waals surface area contributed by atoms with Gasteiger partial charge in [0.1, 0.15) is 12.4 Å². The fourth-order valence-electron chi connectivity index (χ4n) is 2.14. The van der Waals surface area contributed by atoms with Crippen LogP contribution in [0.25, 0.3) is 0 Å². The van der Waals surface area contributed by atoms with E-state index in [1.807, 2.05) is 55.5 Å². The SMILES string of the molecule is COc1ccccc1OCCC(=O)NCCOc1cccc(C)c1. The number of carbonyl (C=O) groups is 1. The lowest BCUT2D eigenvalue weighted by molar-refractivity contribution is -0.121. The highest BCUT2D eigenvalue weighted by atomic mass is 16.5. The lowest BCUT2D eigenvalue weighted by atomic mass is 10.2. The maximum absolute atomic E-state index is 11.8. The minimum absolute atomic E-state index is 0.0715. The van der Waals surface area contributed by atoms with Gasteiger partial charge in [-0.15, -0.1) is 0 Å². The van der Waals surface area contributed by atoms with Crippen molar-refractivity contribution in [1.29, 1.82) is 0 Å². The number of benzene rings is 2. The van der Waals surface area contributed by atoms with Crippen molar-refractivity contribution in [1.82, 2.24) is 5.32 Å². The number of rotatable bonds is 9. The smallest absolute Gasteiger partial charge is 0.223 e. The summed E-state index contributed by atoms with van der Waals surface area (Å²) in [5, 5.41) is 2.81. The molecule has 5 nitrogen and oxygen atoms in total. The summed E-state index contributed by atoms with van der Waals surface area (Å²) < 4.78 is 16.3. The summed E-state index contributed by atoms with van der Waals surface area (Å²) in [6, 6.07) is 15.2. The van der Waals surface area contributed by atoms with Gasteiger partial charge >= 0.3 is 0 Å². The van der Waals surface area contributed by atoms with E-state index in [9.17, 15) is 4.79 Å². The Hall–Kier alpha value is -2.69. The molecule has 2 aromatic carbocycles. The van der Waals surface area contributed by atoms with Gasteiger partial charge in [-0.3, -0.25) is 4.79 Å². The molecule has 5 heteroatoms. The van der Waals surface area contributed by atoms with Crippen molar-refractivity contribution in [3.8, 4) is 17.2 Å². The van der Waals surface area contributed by atoms with Crippen LogP contribution in [0.5, 0.6) is 17.2 Å². The van der Waals surface area contributed by atoms with Crippen LogP contribution in [-0.2, 0) is 4.79 Å². The quantitative estimate of drug-likeness (QED) is 0.719. The first-order valence-electron chi connectivity index (χ1n) is 7.91. The number of hydrogen-bond acceptors (Lipinski definition) is 4. The topological polar surface area (TPSA) is 56.8 Å². The number of ether oxygens (including phenoxy) is 3. The number of nitrogens with one attached hydrogen (secondary N) is 1. The fraction of sp³-hybridized carbons (Fsp3) is 0.316. The first-order valence-corrected chi connectivity index (χ1v) is 7.91. The first-order chi connectivity index (χ1) is 11.7. The summed E-state index contributed by atoms with van der Waals surface area (Å²) >= 11 is 0. The van der Waals surface area contributed by atoms with E-state index >= 15 is 0 Å². The number of amides is 1. The largest absolute Gasteiger partial charge is 0.493 e. The second-order valence-corrected chi connectivity index (χ2v) is 5.26. The molecule has 0 aliphatic heterocycles. The molecule has 0 aliphatic carbocycles. The Labute approximate surface area is 142 Å². The lowest BCUT2D eigenvalue weighted by Crippen LogP contribution is -2.29. The highest BCUT2D eigenvalue weighted by Crippen LogP contribution is 2.25. The molecule has 0 bridgehead atoms. The third-order valence-corrected chi connectivity index (χ3v) is 3.34. The number of aryl methyl sites for hydroxylation is 1. The molecule has 128 valence electrons. The molecular weight excluding hydrogens is 306 g/mol. The Morgan fingerprint density at radius 3 is 2.54 bits per heavy atom. The molecule has 1 N–H and O–H groups in total. The monoisotopic (exact) mass is 329 g/mol. The normalized spacial score (nSPS) is 10.1. The van der Waals surface area contributed by atoms with Crippen molar-refractivity contribution >= 4 is 5.91 Å². The summed E-state index contributed by atoms with van der Waals surface area (Å²) in [5.41, 5.74) is 1.14. The molecule has 24 heavy (non-hydrogen) atoms. The van der Waals surface area contributed by atoms with Crippen LogP contribution in [0.2, 0.25) is 0 Å². The number of para-hydroxylation sites is 2. The second kappa shape index (κ2) is 9.45. The maximum atomic E-state index is 11.8. The van der Waals surface area contributed by atoms with Crippen LogP contribution in [0.4, 0.5) is 0 Å². The molecule has 2 aromatic rings. The molecule has 0 aliphatic rings. The summed E-state index contributed by atoms with van der Waals surface area (Å²) in [7, 11) is 1.59. The van der Waals surface area contributed by atoms with Crippen molar-refractivity contribution in [2.75, 3.05) is 26.9 Å². The van der Waals surface area contributed by atoms with E-state index in [0.717, 1.165) is 11.3 Å². The van der Waals surface area contributed by atoms with Crippen LogP contribution in [-0.4, -0.2) is 32.8 Å². The zero-order valence-electron chi connectivity index (χ0n) is 14.1. The average molecular weight is 329 g/mol. The number of carbonyl (C=O) groups excluding carboxylic acids is 1. The predicted octanol–water partition coefficient (Wildman–Crippen LogP) is 2.97. The molecule has 0 saturated carbocycles. The van der Waals surface area contributed by atoms with Crippen LogP contribution in [0.1, 0.15) is 12.0 Å². The fourth-order valence-corrected chi connectivity index (χ4v) is 2.14. The highest BCUT2D eigenvalue weighted by molar-refractivity contribution is 5.75. The van der Waals surface area contributed by atoms with Crippen LogP contribution in [0.3, 0.4) is 0 Å². The van der Waals surface area contributed by atoms with E-state index in [1.54, 1.807) is 7.11 Å². The van der Waals surface area contributed by atoms with E-state index < -0.39 is 0 Å². The van der Waals surface area contributed by atoms with Gasteiger partial charge in [-0.25, -0.2) is 0 Å². The Bertz CT molecular complexity index is 657. The molecule has 0 spiro atoms. The molecule has 0 aromatic heterocycles. The van der Waals surface area contributed by atoms with E-state index in [-0.39, 0.29) is 12.3 Å². The van der Waals surface area contributed by atoms with E-state index in [2.05, 4.69) is 5.32 Å². The Balaban J connectivity index is 1.61. The molecule has 0 radical (unpaired) electrons. The molecule has 1 amide bonds. The number of hydrogen-bond donors (Lipinski definition) is 1. The van der Waals surface area contributed by atoms with Crippen LogP contribution in [0, 0.1) is 6.92 Å². The summed E-state index contributed by atoms with van der Waals surface area (Å²) in [6.45, 7) is 3.20. The number of methoxy groups -OCH3 is 1. The van der Waals surface area contributed by atoms with E-state index in [0.29, 0.717) is 31.3 Å². The van der Waals surface area contributed by atoms with Crippen LogP contribution >= 0.6 is 0 Å². The second-order valence-electron chi connectivity index (χ2n) is 5.26. The summed E-state index contributed by atoms with van der Waals surface area (Å²) in [5.74, 6) is 2.03. The van der Waals surface area contributed by atoms with E-state index in [1.165, 1.54) is 0 Å². The van der Waals surface area contributed by atoms with Crippen LogP contribution in [0.15, 0.2) is 48.5 Å². The third kappa shape index (κ3) is 5.83. The van der Waals surface area contributed by atoms with Gasteiger partial charge in [0.2, 0.25) is 5.91 Å². The van der Waals surface area contributed by atoms with E-state index in [4.69, 9.17) is 14.2 Å². The van der Waals surface area contributed by atoms with Crippen molar-refractivity contribution in [2.24, 2.45) is 0 Å². The van der Waals surface area contributed by atoms with Crippen molar-refractivity contribution < 1.29 is 19.0 Å². The predicted molar refractivity (Wildman–Crippen MR) is 92.8 cm³/mol. The molecule has 0 fully saturated rings. The zero-order valence-corrected chi connectivity index (χ0v) is 14.1. The van der Waals surface area contributed by atoms with Gasteiger partial charge in [0.05, 0.1) is 26.7 Å². The Morgan fingerprint density at radius 1 is 1.00 bits per heavy atom. The zero-order chi connectivity index (χ0) is 17.2. The lowest BCUT2D eigenvalue weighted by Gasteiger charge is -2.11. The van der Waals surface area contributed by atoms with Gasteiger partial charge < -0.3 is 19.5 Å².